The second kappa shape index (κ2) is 9.75. The van der Waals surface area contributed by atoms with Crippen molar-refractivity contribution in [3.63, 3.8) is 0 Å². The Balaban J connectivity index is 1.70. The van der Waals surface area contributed by atoms with Crippen LogP contribution in [-0.4, -0.2) is 71.5 Å². The number of rotatable bonds is 6. The van der Waals surface area contributed by atoms with Gasteiger partial charge in [0.25, 0.3) is 0 Å². The van der Waals surface area contributed by atoms with Crippen LogP contribution in [-0.2, 0) is 18.9 Å². The maximum atomic E-state index is 12.2. The Hall–Kier alpha value is -2.70. The monoisotopic (exact) mass is 494 g/mol. The van der Waals surface area contributed by atoms with E-state index in [1.54, 1.807) is 20.8 Å². The minimum atomic E-state index is -1.60. The number of benzene rings is 1. The van der Waals surface area contributed by atoms with Crippen LogP contribution in [0.3, 0.4) is 0 Å². The minimum Gasteiger partial charge on any atom is -0.506 e. The number of fused-ring (bicyclic) bond motifs is 1. The summed E-state index contributed by atoms with van der Waals surface area (Å²) < 4.78 is 34.7. The molecule has 4 rings (SSSR count). The molecule has 1 unspecified atom stereocenters. The molecule has 2 saturated heterocycles. The molecule has 0 bridgehead atoms. The second-order valence-electron chi connectivity index (χ2n) is 9.23. The molecule has 35 heavy (non-hydrogen) atoms. The van der Waals surface area contributed by atoms with Crippen molar-refractivity contribution in [1.82, 2.24) is 0 Å². The van der Waals surface area contributed by atoms with Crippen LogP contribution >= 0.6 is 0 Å². The summed E-state index contributed by atoms with van der Waals surface area (Å²) in [6.07, 6.45) is -1.92. The highest BCUT2D eigenvalue weighted by Gasteiger charge is 2.52. The van der Waals surface area contributed by atoms with E-state index < -0.39 is 59.4 Å². The number of carbonyl (C=O) groups is 1. The molecule has 11 nitrogen and oxygen atoms in total. The van der Waals surface area contributed by atoms with Crippen molar-refractivity contribution in [2.24, 2.45) is 0 Å². The third-order valence-electron chi connectivity index (χ3n) is 6.42. The van der Waals surface area contributed by atoms with Gasteiger partial charge in [-0.25, -0.2) is 9.59 Å². The molecule has 2 aliphatic rings. The van der Waals surface area contributed by atoms with Crippen molar-refractivity contribution in [2.45, 2.75) is 76.5 Å². The molecule has 1 aromatic heterocycles. The molecule has 2 aliphatic heterocycles. The van der Waals surface area contributed by atoms with Gasteiger partial charge >= 0.3 is 11.6 Å². The second-order valence-corrected chi connectivity index (χ2v) is 9.23. The number of aromatic hydroxyl groups is 1. The van der Waals surface area contributed by atoms with Gasteiger partial charge in [-0.05, 0) is 52.2 Å². The zero-order chi connectivity index (χ0) is 25.5. The van der Waals surface area contributed by atoms with Crippen LogP contribution < -0.4 is 10.4 Å². The van der Waals surface area contributed by atoms with Crippen LogP contribution in [0.15, 0.2) is 21.3 Å². The van der Waals surface area contributed by atoms with E-state index in [-0.39, 0.29) is 16.7 Å². The topological polar surface area (TPSA) is 154 Å². The van der Waals surface area contributed by atoms with Crippen LogP contribution in [0.2, 0.25) is 0 Å². The highest BCUT2D eigenvalue weighted by atomic mass is 16.7. The van der Waals surface area contributed by atoms with Gasteiger partial charge in [0.15, 0.2) is 18.0 Å². The standard InChI is InChI=1S/C24H30O11/c1-11-13(9-8-12-16(25)15(21(27)28)22(29)34-18(11)12)32-23-19(33-14-7-5-6-10-31-14)17(26)20(30-4)24(2,3)35-23/h8-9,14,17,19-20,23,25-26H,5-7,10H2,1-4H3,(H,27,28)/t14?,17-,19-,20-,23-/m1/s1. The van der Waals surface area contributed by atoms with Gasteiger partial charge in [-0.1, -0.05) is 0 Å². The number of aryl methyl sites for hydroxylation is 1. The number of methoxy groups -OCH3 is 1. The molecule has 1 aromatic carbocycles. The fraction of sp³-hybridized carbons (Fsp3) is 0.583. The lowest BCUT2D eigenvalue weighted by atomic mass is 9.89. The van der Waals surface area contributed by atoms with E-state index in [9.17, 15) is 24.9 Å². The van der Waals surface area contributed by atoms with E-state index in [0.717, 1.165) is 12.8 Å². The molecule has 2 fully saturated rings. The maximum absolute atomic E-state index is 12.2. The largest absolute Gasteiger partial charge is 0.506 e. The number of hydrogen-bond acceptors (Lipinski definition) is 10. The van der Waals surface area contributed by atoms with Crippen molar-refractivity contribution in [3.8, 4) is 11.5 Å². The van der Waals surface area contributed by atoms with Gasteiger partial charge in [-0.15, -0.1) is 0 Å². The van der Waals surface area contributed by atoms with Gasteiger partial charge in [0.05, 0.1) is 11.0 Å². The third kappa shape index (κ3) is 4.74. The molecule has 0 aliphatic carbocycles. The first-order valence-corrected chi connectivity index (χ1v) is 11.4. The smallest absolute Gasteiger partial charge is 0.354 e. The van der Waals surface area contributed by atoms with E-state index >= 15 is 0 Å². The molecule has 0 spiro atoms. The van der Waals surface area contributed by atoms with Crippen LogP contribution in [0.1, 0.15) is 49.0 Å². The molecular formula is C24H30O11. The van der Waals surface area contributed by atoms with Crippen LogP contribution in [0, 0.1) is 6.92 Å². The first-order chi connectivity index (χ1) is 16.5. The summed E-state index contributed by atoms with van der Waals surface area (Å²) in [4.78, 5) is 23.5. The Morgan fingerprint density at radius 3 is 2.60 bits per heavy atom. The fourth-order valence-corrected chi connectivity index (χ4v) is 4.64. The summed E-state index contributed by atoms with van der Waals surface area (Å²) in [5, 5.41) is 30.7. The van der Waals surface area contributed by atoms with Gasteiger partial charge in [-0.2, -0.15) is 0 Å². The van der Waals surface area contributed by atoms with Crippen LogP contribution in [0.4, 0.5) is 0 Å². The first kappa shape index (κ1) is 25.4. The van der Waals surface area contributed by atoms with Crippen molar-refractivity contribution in [3.05, 3.63) is 33.7 Å². The Morgan fingerprint density at radius 1 is 1.23 bits per heavy atom. The van der Waals surface area contributed by atoms with Crippen LogP contribution in [0.5, 0.6) is 11.5 Å². The number of carboxylic acid groups (broad SMARTS) is 1. The van der Waals surface area contributed by atoms with Gasteiger partial charge in [0.2, 0.25) is 6.29 Å². The summed E-state index contributed by atoms with van der Waals surface area (Å²) in [6, 6.07) is 2.87. The number of ether oxygens (including phenoxy) is 5. The highest BCUT2D eigenvalue weighted by Crippen LogP contribution is 2.38. The number of carboxylic acids is 1. The fourth-order valence-electron chi connectivity index (χ4n) is 4.64. The molecule has 192 valence electrons. The van der Waals surface area contributed by atoms with Crippen molar-refractivity contribution >= 4 is 16.9 Å². The van der Waals surface area contributed by atoms with E-state index in [0.29, 0.717) is 18.6 Å². The molecule has 2 aromatic rings. The lowest BCUT2D eigenvalue weighted by Crippen LogP contribution is -2.65. The Morgan fingerprint density at radius 2 is 1.97 bits per heavy atom. The summed E-state index contributed by atoms with van der Waals surface area (Å²) in [5.41, 5.74) is -2.69. The molecule has 0 radical (unpaired) electrons. The Labute approximate surface area is 201 Å². The molecule has 0 amide bonds. The number of hydrogen-bond donors (Lipinski definition) is 3. The normalized spacial score (nSPS) is 28.7. The number of aliphatic hydroxyl groups is 1. The van der Waals surface area contributed by atoms with Gasteiger partial charge < -0.3 is 43.4 Å². The van der Waals surface area contributed by atoms with Gasteiger partial charge in [0.1, 0.15) is 29.3 Å². The van der Waals surface area contributed by atoms with Crippen LogP contribution in [0.25, 0.3) is 11.0 Å². The van der Waals surface area contributed by atoms with Crippen molar-refractivity contribution in [2.75, 3.05) is 13.7 Å². The van der Waals surface area contributed by atoms with E-state index in [2.05, 4.69) is 0 Å². The maximum Gasteiger partial charge on any atom is 0.354 e. The van der Waals surface area contributed by atoms with Crippen molar-refractivity contribution in [1.29, 1.82) is 0 Å². The number of aromatic carboxylic acids is 1. The van der Waals surface area contributed by atoms with Crippen molar-refractivity contribution < 1.29 is 48.2 Å². The van der Waals surface area contributed by atoms with Gasteiger partial charge in [0, 0.05) is 19.3 Å². The summed E-state index contributed by atoms with van der Waals surface area (Å²) in [6.45, 7) is 5.64. The van der Waals surface area contributed by atoms with E-state index in [4.69, 9.17) is 28.1 Å². The Bertz CT molecular complexity index is 1150. The molecule has 11 heteroatoms. The highest BCUT2D eigenvalue weighted by molar-refractivity contribution is 5.98. The molecular weight excluding hydrogens is 464 g/mol. The summed E-state index contributed by atoms with van der Waals surface area (Å²) in [7, 11) is 1.47. The van der Waals surface area contributed by atoms with E-state index in [1.807, 2.05) is 0 Å². The summed E-state index contributed by atoms with van der Waals surface area (Å²) >= 11 is 0. The Kier molecular flexibility index (Phi) is 7.07. The number of aliphatic hydroxyl groups excluding tert-OH is 1. The van der Waals surface area contributed by atoms with Gasteiger partial charge in [-0.3, -0.25) is 0 Å². The lowest BCUT2D eigenvalue weighted by molar-refractivity contribution is -0.339. The average molecular weight is 494 g/mol. The molecule has 3 N–H and O–H groups in total. The predicted octanol–water partition coefficient (Wildman–Crippen LogP) is 2.31. The third-order valence-corrected chi connectivity index (χ3v) is 6.42. The zero-order valence-corrected chi connectivity index (χ0v) is 20.0. The average Bonchev–Trinajstić information content (AvgIpc) is 2.79. The first-order valence-electron chi connectivity index (χ1n) is 11.4. The van der Waals surface area contributed by atoms with E-state index in [1.165, 1.54) is 19.2 Å². The lowest BCUT2D eigenvalue weighted by Gasteiger charge is -2.48. The quantitative estimate of drug-likeness (QED) is 0.507. The molecule has 0 saturated carbocycles. The zero-order valence-electron chi connectivity index (χ0n) is 20.0. The SMILES string of the molecule is CO[C@@H]1[C@H](O)[C@@H](OC2CCCCO2)[C@H](Oc2ccc3c(O)c(C(=O)O)c(=O)oc3c2C)OC1(C)C. The minimum absolute atomic E-state index is 0.0338. The summed E-state index contributed by atoms with van der Waals surface area (Å²) in [5.74, 6) is -2.06. The molecule has 3 heterocycles. The molecule has 5 atom stereocenters. The predicted molar refractivity (Wildman–Crippen MR) is 121 cm³/mol.